The van der Waals surface area contributed by atoms with Gasteiger partial charge in [-0.3, -0.25) is 0 Å². The van der Waals surface area contributed by atoms with Gasteiger partial charge in [0.05, 0.1) is 61.4 Å². The number of ether oxygens (including phenoxy) is 6. The van der Waals surface area contributed by atoms with Crippen molar-refractivity contribution in [3.05, 3.63) is 107 Å². The summed E-state index contributed by atoms with van der Waals surface area (Å²) in [5.74, 6) is -2.37. The summed E-state index contributed by atoms with van der Waals surface area (Å²) >= 11 is 3.28. The highest BCUT2D eigenvalue weighted by atomic mass is 79.9. The van der Waals surface area contributed by atoms with Crippen molar-refractivity contribution in [2.75, 3.05) is 13.7 Å². The Hall–Kier alpha value is -3.81. The predicted molar refractivity (Wildman–Crippen MR) is 261 cm³/mol. The standard InChI is InChI=1S/C53H71BrN2O13/c1-31(15-16-39(62-6)11-9-17-54)20-44(59)47-22-36(28-57)26-53(61,69-47)27-49-55-37(29-63-49)21-33(3)51-35(5)52-34(4)45(67-51)12-8-13-48-56-43(30-64-48)46-24-38(58)23-42(66-46)25-41-19-32(2)18-40(65-41)10-7-14-50(60)68-52/h7-9,13-17,20-21,29-30,34-36,38-42,44-47,51-52,57-59,61H,2,10-12,18-19,22-28H2,1,3-6H3/t34-,35-,36+,38+,39+,40-,41+,42-,44+,45+,46+,47+,51?,52-,53-/m0/s1. The van der Waals surface area contributed by atoms with Crippen molar-refractivity contribution >= 4 is 34.1 Å². The van der Waals surface area contributed by atoms with Crippen molar-refractivity contribution in [2.45, 2.75) is 171 Å². The van der Waals surface area contributed by atoms with Gasteiger partial charge in [-0.15, -0.1) is 0 Å². The molecule has 7 heterocycles. The number of oxazole rings is 2. The lowest BCUT2D eigenvalue weighted by atomic mass is 9.79. The summed E-state index contributed by atoms with van der Waals surface area (Å²) in [5.41, 5.74) is 3.80. The zero-order valence-electron chi connectivity index (χ0n) is 40.4. The van der Waals surface area contributed by atoms with E-state index in [4.69, 9.17) is 47.2 Å². The number of fused-ring (bicyclic) bond motifs is 9. The molecule has 5 aliphatic rings. The number of halogens is 1. The maximum atomic E-state index is 13.5. The topological polar surface area (TPSA) is 205 Å². The molecule has 4 fully saturated rings. The molecule has 4 N–H and O–H groups in total. The van der Waals surface area contributed by atoms with Crippen LogP contribution in [0, 0.1) is 17.8 Å². The summed E-state index contributed by atoms with van der Waals surface area (Å²) in [4.78, 5) is 24.7. The quantitative estimate of drug-likeness (QED) is 0.0896. The highest BCUT2D eigenvalue weighted by molar-refractivity contribution is 9.11. The first-order valence-electron chi connectivity index (χ1n) is 24.4. The van der Waals surface area contributed by atoms with Gasteiger partial charge in [0.15, 0.2) is 11.7 Å². The van der Waals surface area contributed by atoms with Crippen LogP contribution in [0.1, 0.15) is 121 Å². The van der Waals surface area contributed by atoms with Gasteiger partial charge in [-0.1, -0.05) is 84.0 Å². The minimum atomic E-state index is -1.76. The summed E-state index contributed by atoms with van der Waals surface area (Å²) < 4.78 is 49.4. The lowest BCUT2D eigenvalue weighted by Gasteiger charge is -2.44. The molecule has 8 bridgehead atoms. The van der Waals surface area contributed by atoms with Gasteiger partial charge in [-0.2, -0.15) is 0 Å². The van der Waals surface area contributed by atoms with E-state index in [1.165, 1.54) is 12.3 Å². The largest absolute Gasteiger partial charge is 0.458 e. The Bertz CT molecular complexity index is 2210. The van der Waals surface area contributed by atoms with E-state index in [1.807, 2.05) is 64.2 Å². The third-order valence-corrected chi connectivity index (χ3v) is 14.3. The number of nitrogens with zero attached hydrogens (tertiary/aromatic N) is 2. The minimum absolute atomic E-state index is 0.114. The predicted octanol–water partition coefficient (Wildman–Crippen LogP) is 8.35. The zero-order chi connectivity index (χ0) is 49.2. The summed E-state index contributed by atoms with van der Waals surface area (Å²) in [5, 5.41) is 44.1. The van der Waals surface area contributed by atoms with Crippen LogP contribution in [0.5, 0.6) is 0 Å². The van der Waals surface area contributed by atoms with Crippen LogP contribution >= 0.6 is 15.9 Å². The summed E-state index contributed by atoms with van der Waals surface area (Å²) in [6.07, 6.45) is 19.5. The number of methoxy groups -OCH3 is 1. The monoisotopic (exact) mass is 1020 g/mol. The van der Waals surface area contributed by atoms with Crippen LogP contribution in [0.4, 0.5) is 0 Å². The van der Waals surface area contributed by atoms with Crippen molar-refractivity contribution in [1.82, 2.24) is 9.97 Å². The minimum Gasteiger partial charge on any atom is -0.458 e. The molecule has 2 aromatic rings. The van der Waals surface area contributed by atoms with Crippen molar-refractivity contribution in [1.29, 1.82) is 0 Å². The second kappa shape index (κ2) is 24.5. The van der Waals surface area contributed by atoms with E-state index < -0.39 is 48.4 Å². The molecule has 0 saturated carbocycles. The smallest absolute Gasteiger partial charge is 0.330 e. The van der Waals surface area contributed by atoms with E-state index in [0.29, 0.717) is 75.1 Å². The number of esters is 1. The first-order valence-corrected chi connectivity index (χ1v) is 25.3. The van der Waals surface area contributed by atoms with E-state index in [-0.39, 0.29) is 73.6 Å². The Labute approximate surface area is 414 Å². The van der Waals surface area contributed by atoms with E-state index >= 15 is 0 Å². The van der Waals surface area contributed by atoms with E-state index in [0.717, 1.165) is 16.7 Å². The van der Waals surface area contributed by atoms with E-state index in [1.54, 1.807) is 30.5 Å². The Balaban J connectivity index is 1.06. The van der Waals surface area contributed by atoms with Crippen LogP contribution < -0.4 is 0 Å². The Morgan fingerprint density at radius 1 is 1.00 bits per heavy atom. The molecular weight excluding hydrogens is 952 g/mol. The number of hydrogen-bond donors (Lipinski definition) is 4. The van der Waals surface area contributed by atoms with Gasteiger partial charge in [-0.05, 0) is 87.4 Å². The number of carbonyl (C=O) groups is 1. The third-order valence-electron chi connectivity index (χ3n) is 13.9. The SMILES string of the molecule is C=C1C[C@@H]2C[C@@H]3C[C@@H](O)C[C@@H](O3)c3coc(n3)C=CC[C@H]3OC(C(C)=Cc4coc(C[C@]5(O)C[C@H](CO)C[C@H]([C@H](O)C=C(C)C=C[C@@H](CC=CBr)OC)O5)n4)[C@H](C)[C@@H](OC(=O)C=CC[C@@H](C1)O2)[C@H]3C. The average molecular weight is 1020 g/mol. The first-order chi connectivity index (χ1) is 33.1. The van der Waals surface area contributed by atoms with Crippen LogP contribution in [0.3, 0.4) is 0 Å². The fourth-order valence-corrected chi connectivity index (χ4v) is 10.7. The molecule has 1 unspecified atom stereocenters. The van der Waals surface area contributed by atoms with Gasteiger partial charge in [0.25, 0.3) is 0 Å². The third kappa shape index (κ3) is 14.6. The van der Waals surface area contributed by atoms with Crippen molar-refractivity contribution in [3.63, 3.8) is 0 Å². The number of aromatic nitrogens is 2. The molecule has 15 nitrogen and oxygen atoms in total. The van der Waals surface area contributed by atoms with Gasteiger partial charge in [0.2, 0.25) is 5.89 Å². The van der Waals surface area contributed by atoms with E-state index in [9.17, 15) is 25.2 Å². The highest BCUT2D eigenvalue weighted by Gasteiger charge is 2.45. The molecule has 5 aliphatic heterocycles. The van der Waals surface area contributed by atoms with Crippen LogP contribution in [0.15, 0.2) is 92.2 Å². The van der Waals surface area contributed by atoms with Crippen LogP contribution in [-0.2, 0) is 39.6 Å². The van der Waals surface area contributed by atoms with E-state index in [2.05, 4.69) is 22.5 Å². The van der Waals surface area contributed by atoms with Crippen LogP contribution in [0.25, 0.3) is 12.2 Å². The van der Waals surface area contributed by atoms with Crippen LogP contribution in [0.2, 0.25) is 0 Å². The van der Waals surface area contributed by atoms with Gasteiger partial charge < -0.3 is 57.7 Å². The molecule has 4 saturated heterocycles. The molecule has 0 aromatic carbocycles. The molecule has 16 heteroatoms. The lowest BCUT2D eigenvalue weighted by molar-refractivity contribution is -0.279. The van der Waals surface area contributed by atoms with Crippen molar-refractivity contribution in [2.24, 2.45) is 17.8 Å². The number of carbonyl (C=O) groups excluding carboxylic acids is 1. The molecule has 15 atom stereocenters. The fraction of sp³-hybridized carbons (Fsp3) is 0.604. The van der Waals surface area contributed by atoms with Crippen molar-refractivity contribution in [3.8, 4) is 0 Å². The van der Waals surface area contributed by atoms with Crippen LogP contribution in [-0.4, -0.2) is 117 Å². The van der Waals surface area contributed by atoms with Crippen molar-refractivity contribution < 1.29 is 62.5 Å². The average Bonchev–Trinajstić information content (AvgIpc) is 3.96. The molecule has 0 aliphatic carbocycles. The highest BCUT2D eigenvalue weighted by Crippen LogP contribution is 2.40. The summed E-state index contributed by atoms with van der Waals surface area (Å²) in [6.45, 7) is 11.9. The molecule has 7 rings (SSSR count). The Morgan fingerprint density at radius 2 is 1.80 bits per heavy atom. The lowest BCUT2D eigenvalue weighted by Crippen LogP contribution is -2.50. The number of rotatable bonds is 12. The Kier molecular flexibility index (Phi) is 18.9. The number of aliphatic hydroxyl groups excluding tert-OH is 3. The van der Waals surface area contributed by atoms with Gasteiger partial charge in [-0.25, -0.2) is 14.8 Å². The summed E-state index contributed by atoms with van der Waals surface area (Å²) in [6, 6.07) is 0. The number of allylic oxidation sites excluding steroid dienone is 2. The fourth-order valence-electron chi connectivity index (χ4n) is 10.5. The summed E-state index contributed by atoms with van der Waals surface area (Å²) in [7, 11) is 1.64. The second-order valence-electron chi connectivity index (χ2n) is 19.7. The maximum absolute atomic E-state index is 13.5. The molecule has 69 heavy (non-hydrogen) atoms. The molecule has 0 spiro atoms. The zero-order valence-corrected chi connectivity index (χ0v) is 42.0. The maximum Gasteiger partial charge on any atom is 0.330 e. The molecule has 0 amide bonds. The normalized spacial score (nSPS) is 35.2. The molecular formula is C53H71BrN2O13. The van der Waals surface area contributed by atoms with Gasteiger partial charge >= 0.3 is 5.97 Å². The number of aliphatic hydroxyl groups is 4. The number of hydrogen-bond acceptors (Lipinski definition) is 15. The van der Waals surface area contributed by atoms with Gasteiger partial charge in [0, 0.05) is 50.9 Å². The molecule has 0 radical (unpaired) electrons. The molecule has 2 aromatic heterocycles. The second-order valence-corrected chi connectivity index (χ2v) is 20.2. The van der Waals surface area contributed by atoms with Gasteiger partial charge in [0.1, 0.15) is 36.1 Å². The first kappa shape index (κ1) is 53.0. The Morgan fingerprint density at radius 3 is 2.58 bits per heavy atom. The molecule has 378 valence electrons.